The maximum absolute atomic E-state index is 3.82. The van der Waals surface area contributed by atoms with E-state index in [1.54, 1.807) is 6.08 Å². The molecule has 0 aliphatic carbocycles. The summed E-state index contributed by atoms with van der Waals surface area (Å²) in [4.78, 5) is 0. The predicted octanol–water partition coefficient (Wildman–Crippen LogP) is 5.72. The summed E-state index contributed by atoms with van der Waals surface area (Å²) in [6, 6.07) is 8.19. The van der Waals surface area contributed by atoms with E-state index in [2.05, 4.69) is 34.7 Å². The van der Waals surface area contributed by atoms with E-state index in [9.17, 15) is 0 Å². The fourth-order valence-corrected chi connectivity index (χ4v) is 1.65. The number of rotatable bonds is 4. The Morgan fingerprint density at radius 1 is 1.11 bits per heavy atom. The Morgan fingerprint density at radius 3 is 2.05 bits per heavy atom. The first kappa shape index (κ1) is 20.0. The van der Waals surface area contributed by atoms with Gasteiger partial charge in [-0.1, -0.05) is 77.3 Å². The molecule has 0 aromatic heterocycles. The van der Waals surface area contributed by atoms with Gasteiger partial charge in [0.05, 0.1) is 0 Å². The summed E-state index contributed by atoms with van der Waals surface area (Å²) in [6.45, 7) is 15.5. The van der Waals surface area contributed by atoms with E-state index in [4.69, 9.17) is 0 Å². The Labute approximate surface area is 122 Å². The van der Waals surface area contributed by atoms with E-state index >= 15 is 0 Å². The Hall–Kier alpha value is -1.33. The van der Waals surface area contributed by atoms with Crippen LogP contribution in [0.4, 0.5) is 5.69 Å². The van der Waals surface area contributed by atoms with Crippen LogP contribution in [0.1, 0.15) is 33.3 Å². The number of para-hydroxylation sites is 1. The van der Waals surface area contributed by atoms with Crippen molar-refractivity contribution in [2.24, 2.45) is 0 Å². The molecule has 0 bridgehead atoms. The highest BCUT2D eigenvalue weighted by atomic mass is 31.0. The Morgan fingerprint density at radius 2 is 1.63 bits per heavy atom. The summed E-state index contributed by atoms with van der Waals surface area (Å²) in [5, 5.41) is 0. The molecule has 0 N–H and O–H groups in total. The minimum absolute atomic E-state index is 1.08. The van der Waals surface area contributed by atoms with Gasteiger partial charge in [0.25, 0.3) is 0 Å². The predicted molar refractivity (Wildman–Crippen MR) is 95.6 cm³/mol. The summed E-state index contributed by atoms with van der Waals surface area (Å²) in [5.41, 5.74) is 3.38. The number of hydrogen-bond donors (Lipinski definition) is 0. The molecule has 0 saturated carbocycles. The van der Waals surface area contributed by atoms with E-state index in [0.29, 0.717) is 0 Å². The van der Waals surface area contributed by atoms with Crippen molar-refractivity contribution in [1.82, 2.24) is 0 Å². The average molecular weight is 277 g/mol. The van der Waals surface area contributed by atoms with Gasteiger partial charge < -0.3 is 4.67 Å². The third-order valence-corrected chi connectivity index (χ3v) is 2.39. The number of benzene rings is 1. The molecule has 1 aromatic rings. The number of hydrogen-bond acceptors (Lipinski definition) is 1. The van der Waals surface area contributed by atoms with Crippen LogP contribution in [0.3, 0.4) is 0 Å². The van der Waals surface area contributed by atoms with Crippen molar-refractivity contribution < 1.29 is 0 Å². The van der Waals surface area contributed by atoms with Gasteiger partial charge in [0.15, 0.2) is 0 Å². The van der Waals surface area contributed by atoms with Crippen molar-refractivity contribution in [3.8, 4) is 0 Å². The van der Waals surface area contributed by atoms with Gasteiger partial charge in [-0.3, -0.25) is 0 Å². The monoisotopic (exact) mass is 277 g/mol. The van der Waals surface area contributed by atoms with Crippen molar-refractivity contribution in [3.63, 3.8) is 0 Å². The van der Waals surface area contributed by atoms with Gasteiger partial charge in [-0.25, -0.2) is 0 Å². The second-order valence-corrected chi connectivity index (χ2v) is 3.96. The van der Waals surface area contributed by atoms with Crippen LogP contribution in [0.2, 0.25) is 0 Å². The Kier molecular flexibility index (Phi) is 13.8. The fourth-order valence-electron chi connectivity index (χ4n) is 1.42. The highest BCUT2D eigenvalue weighted by Gasteiger charge is 2.05. The molecule has 1 aromatic carbocycles. The second-order valence-electron chi connectivity index (χ2n) is 3.19. The molecule has 106 valence electrons. The van der Waals surface area contributed by atoms with Crippen molar-refractivity contribution in [3.05, 3.63) is 61.2 Å². The first-order valence-electron chi connectivity index (χ1n) is 6.73. The lowest BCUT2D eigenvalue weighted by Crippen LogP contribution is -2.02. The zero-order valence-corrected chi connectivity index (χ0v) is 14.1. The minimum Gasteiger partial charge on any atom is -0.359 e. The molecule has 0 saturated heterocycles. The lowest BCUT2D eigenvalue weighted by molar-refractivity contribution is 1.35. The standard InChI is InChI=1S/C13H16NP.2C2H6/c1-4-8-11(5-2)12-9-6-7-10-13(12)14(3)15;2*1-2/h4-10H,1-2,15H2,3H3;2*1-2H3/b11-8+;;. The summed E-state index contributed by atoms with van der Waals surface area (Å²) in [7, 11) is 4.65. The van der Waals surface area contributed by atoms with Gasteiger partial charge >= 0.3 is 0 Å². The first-order valence-corrected chi connectivity index (χ1v) is 7.25. The van der Waals surface area contributed by atoms with Gasteiger partial charge in [0.2, 0.25) is 0 Å². The lowest BCUT2D eigenvalue weighted by Gasteiger charge is -2.17. The van der Waals surface area contributed by atoms with E-state index in [0.717, 1.165) is 16.8 Å². The zero-order valence-electron chi connectivity index (χ0n) is 13.0. The number of allylic oxidation sites excluding steroid dienone is 4. The first-order chi connectivity index (χ1) is 9.20. The molecule has 0 amide bonds. The highest BCUT2D eigenvalue weighted by molar-refractivity contribution is 7.19. The van der Waals surface area contributed by atoms with Crippen LogP contribution in [-0.2, 0) is 0 Å². The average Bonchev–Trinajstić information content (AvgIpc) is 2.49. The fraction of sp³-hybridized carbons (Fsp3) is 0.294. The molecule has 0 spiro atoms. The van der Waals surface area contributed by atoms with E-state index in [-0.39, 0.29) is 0 Å². The van der Waals surface area contributed by atoms with Crippen LogP contribution in [0.25, 0.3) is 5.57 Å². The molecule has 0 radical (unpaired) electrons. The van der Waals surface area contributed by atoms with E-state index in [1.807, 2.05) is 63.7 Å². The van der Waals surface area contributed by atoms with E-state index < -0.39 is 0 Å². The summed E-state index contributed by atoms with van der Waals surface area (Å²) >= 11 is 0. The third kappa shape index (κ3) is 6.98. The normalized spacial score (nSPS) is 9.26. The zero-order chi connectivity index (χ0) is 15.3. The van der Waals surface area contributed by atoms with Crippen LogP contribution in [-0.4, -0.2) is 7.05 Å². The molecule has 1 atom stereocenters. The van der Waals surface area contributed by atoms with Crippen LogP contribution in [0, 0.1) is 0 Å². The largest absolute Gasteiger partial charge is 0.359 e. The van der Waals surface area contributed by atoms with Crippen molar-refractivity contribution >= 4 is 20.7 Å². The van der Waals surface area contributed by atoms with Crippen LogP contribution in [0.5, 0.6) is 0 Å². The molecular formula is C17H28NP. The van der Waals surface area contributed by atoms with Crippen LogP contribution >= 0.6 is 9.39 Å². The van der Waals surface area contributed by atoms with Gasteiger partial charge in [0, 0.05) is 18.3 Å². The Bertz CT molecular complexity index is 392. The lowest BCUT2D eigenvalue weighted by atomic mass is 10.0. The molecule has 1 nitrogen and oxygen atoms in total. The van der Waals surface area contributed by atoms with Gasteiger partial charge in [-0.2, -0.15) is 0 Å². The molecule has 19 heavy (non-hydrogen) atoms. The van der Waals surface area contributed by atoms with Crippen LogP contribution < -0.4 is 4.67 Å². The molecule has 0 aliphatic rings. The van der Waals surface area contributed by atoms with Crippen LogP contribution in [0.15, 0.2) is 55.7 Å². The van der Waals surface area contributed by atoms with Crippen molar-refractivity contribution in [2.45, 2.75) is 27.7 Å². The molecular weight excluding hydrogens is 249 g/mol. The molecule has 0 aliphatic heterocycles. The molecule has 1 unspecified atom stereocenters. The third-order valence-electron chi connectivity index (χ3n) is 2.11. The second kappa shape index (κ2) is 13.1. The van der Waals surface area contributed by atoms with Crippen molar-refractivity contribution in [2.75, 3.05) is 11.7 Å². The highest BCUT2D eigenvalue weighted by Crippen LogP contribution is 2.28. The van der Waals surface area contributed by atoms with Gasteiger partial charge in [-0.05, 0) is 21.0 Å². The minimum atomic E-state index is 1.08. The number of nitrogens with zero attached hydrogens (tertiary/aromatic N) is 1. The Balaban J connectivity index is 0. The smallest absolute Gasteiger partial charge is 0.0471 e. The van der Waals surface area contributed by atoms with E-state index in [1.165, 1.54) is 0 Å². The maximum Gasteiger partial charge on any atom is 0.0471 e. The number of anilines is 1. The SMILES string of the molecule is C=C/C=C(\C=C)c1ccccc1N(C)P.CC.CC. The molecule has 1 rings (SSSR count). The molecule has 0 heterocycles. The summed E-state index contributed by atoms with van der Waals surface area (Å²) in [5.74, 6) is 0. The molecule has 0 fully saturated rings. The quantitative estimate of drug-likeness (QED) is 0.502. The van der Waals surface area contributed by atoms with Gasteiger partial charge in [-0.15, -0.1) is 0 Å². The van der Waals surface area contributed by atoms with Gasteiger partial charge in [0.1, 0.15) is 0 Å². The topological polar surface area (TPSA) is 3.24 Å². The summed E-state index contributed by atoms with van der Waals surface area (Å²) in [6.07, 6.45) is 5.57. The molecule has 2 heteroatoms. The maximum atomic E-state index is 3.82. The summed E-state index contributed by atoms with van der Waals surface area (Å²) < 4.78 is 2.01. The van der Waals surface area contributed by atoms with Crippen molar-refractivity contribution in [1.29, 1.82) is 0 Å².